The van der Waals surface area contributed by atoms with Crippen LogP contribution in [0.15, 0.2) is 36.5 Å². The van der Waals surface area contributed by atoms with Crippen molar-refractivity contribution in [2.24, 2.45) is 0 Å². The van der Waals surface area contributed by atoms with Crippen LogP contribution in [0.4, 0.5) is 14.5 Å². The third-order valence-electron chi connectivity index (χ3n) is 3.86. The summed E-state index contributed by atoms with van der Waals surface area (Å²) in [6.45, 7) is 2.12. The molecule has 2 heterocycles. The van der Waals surface area contributed by atoms with E-state index in [4.69, 9.17) is 11.6 Å². The van der Waals surface area contributed by atoms with Crippen molar-refractivity contribution >= 4 is 17.3 Å². The van der Waals surface area contributed by atoms with Crippen molar-refractivity contribution in [1.82, 2.24) is 10.3 Å². The number of hydrogen-bond donors (Lipinski definition) is 1. The van der Waals surface area contributed by atoms with Crippen LogP contribution in [0.5, 0.6) is 0 Å². The second-order valence-corrected chi connectivity index (χ2v) is 5.82. The SMILES string of the molecule is Fc1ccc(N2CC[C@H](NCc3ccc(Cl)cc3F)C2)cn1. The van der Waals surface area contributed by atoms with E-state index in [2.05, 4.69) is 15.2 Å². The van der Waals surface area contributed by atoms with Gasteiger partial charge in [-0.05, 0) is 30.7 Å². The van der Waals surface area contributed by atoms with Crippen molar-refractivity contribution in [3.63, 3.8) is 0 Å². The summed E-state index contributed by atoms with van der Waals surface area (Å²) in [5.74, 6) is -0.770. The van der Waals surface area contributed by atoms with Gasteiger partial charge in [-0.3, -0.25) is 0 Å². The van der Waals surface area contributed by atoms with Gasteiger partial charge < -0.3 is 10.2 Å². The Labute approximate surface area is 132 Å². The number of anilines is 1. The molecule has 0 aliphatic carbocycles. The highest BCUT2D eigenvalue weighted by molar-refractivity contribution is 6.30. The number of halogens is 3. The summed E-state index contributed by atoms with van der Waals surface area (Å²) in [6.07, 6.45) is 2.49. The lowest BCUT2D eigenvalue weighted by molar-refractivity contribution is 0.529. The van der Waals surface area contributed by atoms with Crippen LogP contribution in [0, 0.1) is 11.8 Å². The zero-order valence-electron chi connectivity index (χ0n) is 11.9. The molecule has 3 nitrogen and oxygen atoms in total. The first-order valence-corrected chi connectivity index (χ1v) is 7.53. The molecular weight excluding hydrogens is 308 g/mol. The lowest BCUT2D eigenvalue weighted by atomic mass is 10.2. The normalized spacial score (nSPS) is 18.0. The summed E-state index contributed by atoms with van der Waals surface area (Å²) in [6, 6.07) is 8.06. The van der Waals surface area contributed by atoms with Crippen LogP contribution in [0.1, 0.15) is 12.0 Å². The Hall–Kier alpha value is -1.72. The van der Waals surface area contributed by atoms with Crippen LogP contribution in [-0.2, 0) is 6.54 Å². The highest BCUT2D eigenvalue weighted by atomic mass is 35.5. The van der Waals surface area contributed by atoms with Gasteiger partial charge >= 0.3 is 0 Å². The fourth-order valence-electron chi connectivity index (χ4n) is 2.64. The van der Waals surface area contributed by atoms with Crippen LogP contribution < -0.4 is 10.2 Å². The van der Waals surface area contributed by atoms with Crippen LogP contribution in [0.2, 0.25) is 5.02 Å². The van der Waals surface area contributed by atoms with Crippen molar-refractivity contribution in [2.45, 2.75) is 19.0 Å². The monoisotopic (exact) mass is 323 g/mol. The molecule has 0 amide bonds. The van der Waals surface area contributed by atoms with Gasteiger partial charge in [0, 0.05) is 36.3 Å². The summed E-state index contributed by atoms with van der Waals surface area (Å²) in [4.78, 5) is 5.81. The van der Waals surface area contributed by atoms with E-state index in [-0.39, 0.29) is 11.9 Å². The molecule has 0 unspecified atom stereocenters. The molecule has 2 aromatic rings. The van der Waals surface area contributed by atoms with Gasteiger partial charge in [-0.2, -0.15) is 4.39 Å². The quantitative estimate of drug-likeness (QED) is 0.874. The lowest BCUT2D eigenvalue weighted by Crippen LogP contribution is -2.32. The molecule has 1 N–H and O–H groups in total. The molecule has 0 bridgehead atoms. The van der Waals surface area contributed by atoms with Gasteiger partial charge in [-0.25, -0.2) is 9.37 Å². The average Bonchev–Trinajstić information content (AvgIpc) is 2.96. The molecule has 116 valence electrons. The minimum Gasteiger partial charge on any atom is -0.369 e. The van der Waals surface area contributed by atoms with E-state index in [1.165, 1.54) is 18.3 Å². The van der Waals surface area contributed by atoms with E-state index >= 15 is 0 Å². The van der Waals surface area contributed by atoms with E-state index in [1.54, 1.807) is 18.2 Å². The number of aromatic nitrogens is 1. The van der Waals surface area contributed by atoms with Gasteiger partial charge in [0.15, 0.2) is 0 Å². The Kier molecular flexibility index (Phi) is 4.55. The smallest absolute Gasteiger partial charge is 0.212 e. The van der Waals surface area contributed by atoms with Gasteiger partial charge in [0.1, 0.15) is 5.82 Å². The molecule has 0 saturated carbocycles. The molecule has 0 radical (unpaired) electrons. The Morgan fingerprint density at radius 1 is 1.27 bits per heavy atom. The molecule has 1 atom stereocenters. The molecule has 1 aliphatic rings. The molecule has 1 aromatic heterocycles. The molecule has 3 rings (SSSR count). The first-order chi connectivity index (χ1) is 10.6. The standard InChI is InChI=1S/C16H16ClF2N3/c17-12-2-1-11(15(18)7-12)8-20-13-5-6-22(10-13)14-3-4-16(19)21-9-14/h1-4,7,9,13,20H,5-6,8,10H2/t13-/m0/s1. The summed E-state index contributed by atoms with van der Waals surface area (Å²) in [5, 5.41) is 3.75. The van der Waals surface area contributed by atoms with Crippen LogP contribution in [0.3, 0.4) is 0 Å². The highest BCUT2D eigenvalue weighted by Crippen LogP contribution is 2.20. The predicted molar refractivity (Wildman–Crippen MR) is 83.1 cm³/mol. The van der Waals surface area contributed by atoms with Crippen molar-refractivity contribution in [2.75, 3.05) is 18.0 Å². The molecule has 22 heavy (non-hydrogen) atoms. The largest absolute Gasteiger partial charge is 0.369 e. The zero-order valence-corrected chi connectivity index (χ0v) is 12.7. The minimum absolute atomic E-state index is 0.264. The molecule has 1 saturated heterocycles. The first kappa shape index (κ1) is 15.2. The van der Waals surface area contributed by atoms with E-state index in [1.807, 2.05) is 0 Å². The molecular formula is C16H16ClF2N3. The lowest BCUT2D eigenvalue weighted by Gasteiger charge is -2.18. The Morgan fingerprint density at radius 2 is 2.14 bits per heavy atom. The fourth-order valence-corrected chi connectivity index (χ4v) is 2.79. The molecule has 1 aromatic carbocycles. The maximum absolute atomic E-state index is 13.7. The fraction of sp³-hybridized carbons (Fsp3) is 0.312. The number of nitrogens with zero attached hydrogens (tertiary/aromatic N) is 2. The number of benzene rings is 1. The molecule has 6 heteroatoms. The molecule has 1 fully saturated rings. The van der Waals surface area contributed by atoms with Gasteiger partial charge in [-0.15, -0.1) is 0 Å². The van der Waals surface area contributed by atoms with E-state index in [9.17, 15) is 8.78 Å². The summed E-state index contributed by atoms with van der Waals surface area (Å²) in [7, 11) is 0. The summed E-state index contributed by atoms with van der Waals surface area (Å²) in [5.41, 5.74) is 1.51. The molecule has 0 spiro atoms. The van der Waals surface area contributed by atoms with Gasteiger partial charge in [-0.1, -0.05) is 17.7 Å². The van der Waals surface area contributed by atoms with Crippen LogP contribution >= 0.6 is 11.6 Å². The highest BCUT2D eigenvalue weighted by Gasteiger charge is 2.22. The Bertz CT molecular complexity index is 648. The third kappa shape index (κ3) is 3.54. The second kappa shape index (κ2) is 6.58. The third-order valence-corrected chi connectivity index (χ3v) is 4.10. The van der Waals surface area contributed by atoms with E-state index < -0.39 is 5.95 Å². The Balaban J connectivity index is 1.56. The Morgan fingerprint density at radius 3 is 2.86 bits per heavy atom. The minimum atomic E-state index is -0.476. The average molecular weight is 324 g/mol. The number of rotatable bonds is 4. The molecule has 1 aliphatic heterocycles. The van der Waals surface area contributed by atoms with E-state index in [0.717, 1.165) is 25.2 Å². The predicted octanol–water partition coefficient (Wildman–Crippen LogP) is 3.38. The van der Waals surface area contributed by atoms with Gasteiger partial charge in [0.05, 0.1) is 11.9 Å². The van der Waals surface area contributed by atoms with Crippen molar-refractivity contribution in [1.29, 1.82) is 0 Å². The number of pyridine rings is 1. The van der Waals surface area contributed by atoms with Gasteiger partial charge in [0.2, 0.25) is 5.95 Å². The first-order valence-electron chi connectivity index (χ1n) is 7.15. The van der Waals surface area contributed by atoms with Crippen molar-refractivity contribution in [3.8, 4) is 0 Å². The zero-order chi connectivity index (χ0) is 15.5. The van der Waals surface area contributed by atoms with Crippen LogP contribution in [0.25, 0.3) is 0 Å². The maximum Gasteiger partial charge on any atom is 0.212 e. The summed E-state index contributed by atoms with van der Waals surface area (Å²) < 4.78 is 26.6. The second-order valence-electron chi connectivity index (χ2n) is 5.39. The van der Waals surface area contributed by atoms with Crippen molar-refractivity contribution in [3.05, 3.63) is 58.9 Å². The summed E-state index contributed by atoms with van der Waals surface area (Å²) >= 11 is 5.74. The number of hydrogen-bond acceptors (Lipinski definition) is 3. The van der Waals surface area contributed by atoms with Crippen molar-refractivity contribution < 1.29 is 8.78 Å². The number of nitrogens with one attached hydrogen (secondary N) is 1. The van der Waals surface area contributed by atoms with E-state index in [0.29, 0.717) is 17.1 Å². The van der Waals surface area contributed by atoms with Crippen LogP contribution in [-0.4, -0.2) is 24.1 Å². The topological polar surface area (TPSA) is 28.2 Å². The maximum atomic E-state index is 13.7. The van der Waals surface area contributed by atoms with Gasteiger partial charge in [0.25, 0.3) is 0 Å².